The van der Waals surface area contributed by atoms with Gasteiger partial charge in [0.1, 0.15) is 33.9 Å². The maximum Gasteiger partial charge on any atom is 0.274 e. The van der Waals surface area contributed by atoms with Crippen LogP contribution in [-0.2, 0) is 22.1 Å². The molecule has 1 fully saturated rings. The Bertz CT molecular complexity index is 1570. The molecule has 1 saturated heterocycles. The van der Waals surface area contributed by atoms with Crippen molar-refractivity contribution in [2.75, 3.05) is 32.6 Å². The van der Waals surface area contributed by atoms with Crippen molar-refractivity contribution in [2.45, 2.75) is 30.2 Å². The lowest BCUT2D eigenvalue weighted by molar-refractivity contribution is 0.102. The number of hydrogen-bond acceptors (Lipinski definition) is 10. The molecular weight excluding hydrogens is 539 g/mol. The number of carbonyl (C=O) groups is 1. The highest BCUT2D eigenvalue weighted by Crippen LogP contribution is 2.52. The molecule has 2 atom stereocenters. The number of nitrogens with one attached hydrogen (secondary N) is 1. The zero-order valence-electron chi connectivity index (χ0n) is 22.2. The third-order valence-electron chi connectivity index (χ3n) is 7.69. The number of pyridine rings is 1. The minimum absolute atomic E-state index is 0.00231. The Kier molecular flexibility index (Phi) is 6.92. The Balaban J connectivity index is 1.54. The number of rotatable bonds is 6. The third kappa shape index (κ3) is 4.42. The quantitative estimate of drug-likeness (QED) is 0.452. The highest BCUT2D eigenvalue weighted by Gasteiger charge is 2.66. The highest BCUT2D eigenvalue weighted by atomic mass is 32.2. The number of aliphatic imine (C=N–C) groups is 1. The molecule has 0 saturated carbocycles. The van der Waals surface area contributed by atoms with Crippen LogP contribution in [0.3, 0.4) is 0 Å². The van der Waals surface area contributed by atoms with Gasteiger partial charge in [0.15, 0.2) is 0 Å². The SMILES string of the molecule is COc1ccc(C(=O)Nc2ccc(F)c([C@@]3(C)N=C(N)N(C)S(=O)(=O)[C@]34CCN(Cc3cncnc3)C4)c2)nc1. The van der Waals surface area contributed by atoms with E-state index in [0.717, 1.165) is 9.87 Å². The van der Waals surface area contributed by atoms with Gasteiger partial charge in [-0.15, -0.1) is 0 Å². The minimum atomic E-state index is -4.11. The van der Waals surface area contributed by atoms with Crippen LogP contribution in [0.2, 0.25) is 0 Å². The predicted molar refractivity (Wildman–Crippen MR) is 145 cm³/mol. The molecule has 12 nitrogen and oxygen atoms in total. The first kappa shape index (κ1) is 27.4. The molecule has 1 amide bonds. The number of nitrogens with zero attached hydrogens (tertiary/aromatic N) is 6. The van der Waals surface area contributed by atoms with Gasteiger partial charge in [-0.2, -0.15) is 0 Å². The number of methoxy groups -OCH3 is 1. The molecule has 2 aromatic heterocycles. The van der Waals surface area contributed by atoms with E-state index in [1.165, 1.54) is 50.9 Å². The van der Waals surface area contributed by atoms with Gasteiger partial charge in [-0.25, -0.2) is 37.1 Å². The number of hydrogen-bond donors (Lipinski definition) is 2. The Morgan fingerprint density at radius 3 is 2.62 bits per heavy atom. The molecule has 5 rings (SSSR count). The van der Waals surface area contributed by atoms with E-state index in [2.05, 4.69) is 25.3 Å². The van der Waals surface area contributed by atoms with Gasteiger partial charge in [-0.1, -0.05) is 0 Å². The van der Waals surface area contributed by atoms with Crippen molar-refractivity contribution in [3.63, 3.8) is 0 Å². The standard InChI is InChI=1S/C26H29FN8O4S/c1-25(20-10-18(4-6-21(20)27)32-23(36)22-7-5-19(39-3)13-31-22)26(40(37,38)34(2)24(28)33-25)8-9-35(15-26)14-17-11-29-16-30-12-17/h4-7,10-13,16H,8-9,14-15H2,1-3H3,(H2,28,33)(H,32,36)/t25-,26+/m1/s1. The van der Waals surface area contributed by atoms with Crippen LogP contribution in [0.25, 0.3) is 0 Å². The number of guanidine groups is 1. The number of ether oxygens (including phenoxy) is 1. The average Bonchev–Trinajstić information content (AvgIpc) is 3.39. The molecule has 0 bridgehead atoms. The van der Waals surface area contributed by atoms with E-state index in [4.69, 9.17) is 10.5 Å². The molecule has 1 aromatic carbocycles. The number of halogens is 1. The Morgan fingerprint density at radius 1 is 1.20 bits per heavy atom. The fourth-order valence-corrected chi connectivity index (χ4v) is 7.58. The van der Waals surface area contributed by atoms with Crippen LogP contribution in [-0.4, -0.2) is 76.4 Å². The van der Waals surface area contributed by atoms with Gasteiger partial charge in [-0.05, 0) is 43.7 Å². The molecule has 3 N–H and O–H groups in total. The molecule has 40 heavy (non-hydrogen) atoms. The van der Waals surface area contributed by atoms with Crippen molar-refractivity contribution in [3.05, 3.63) is 77.9 Å². The van der Waals surface area contributed by atoms with E-state index in [0.29, 0.717) is 18.8 Å². The van der Waals surface area contributed by atoms with Gasteiger partial charge in [0.25, 0.3) is 5.91 Å². The van der Waals surface area contributed by atoms with Gasteiger partial charge in [0.05, 0.1) is 13.3 Å². The summed E-state index contributed by atoms with van der Waals surface area (Å²) in [7, 11) is -1.27. The van der Waals surface area contributed by atoms with Crippen LogP contribution >= 0.6 is 0 Å². The molecule has 1 spiro atoms. The van der Waals surface area contributed by atoms with E-state index in [1.54, 1.807) is 25.4 Å². The third-order valence-corrected chi connectivity index (χ3v) is 10.3. The van der Waals surface area contributed by atoms with E-state index in [1.807, 2.05) is 4.90 Å². The van der Waals surface area contributed by atoms with Crippen molar-refractivity contribution >= 4 is 27.6 Å². The Morgan fingerprint density at radius 2 is 1.95 bits per heavy atom. The number of amides is 1. The van der Waals surface area contributed by atoms with Crippen LogP contribution in [0, 0.1) is 5.82 Å². The van der Waals surface area contributed by atoms with Gasteiger partial charge >= 0.3 is 0 Å². The lowest BCUT2D eigenvalue weighted by Crippen LogP contribution is -2.66. The summed E-state index contributed by atoms with van der Waals surface area (Å²) >= 11 is 0. The van der Waals surface area contributed by atoms with Crippen molar-refractivity contribution < 1.29 is 22.3 Å². The van der Waals surface area contributed by atoms with Crippen LogP contribution < -0.4 is 15.8 Å². The monoisotopic (exact) mass is 568 g/mol. The molecule has 4 heterocycles. The summed E-state index contributed by atoms with van der Waals surface area (Å²) in [6, 6.07) is 7.06. The first-order chi connectivity index (χ1) is 19.0. The smallest absolute Gasteiger partial charge is 0.274 e. The molecule has 0 unspecified atom stereocenters. The summed E-state index contributed by atoms with van der Waals surface area (Å²) < 4.78 is 48.2. The van der Waals surface area contributed by atoms with E-state index >= 15 is 4.39 Å². The normalized spacial score (nSPS) is 24.1. The number of carbonyl (C=O) groups excluding carboxylic acids is 1. The number of nitrogens with two attached hydrogens (primary N) is 1. The first-order valence-electron chi connectivity index (χ1n) is 12.4. The summed E-state index contributed by atoms with van der Waals surface area (Å²) in [6.07, 6.45) is 6.33. The number of aromatic nitrogens is 3. The molecule has 210 valence electrons. The van der Waals surface area contributed by atoms with Crippen LogP contribution in [0.5, 0.6) is 5.75 Å². The first-order valence-corrected chi connectivity index (χ1v) is 13.9. The molecule has 3 aromatic rings. The van der Waals surface area contributed by atoms with Gasteiger partial charge in [0.2, 0.25) is 16.0 Å². The highest BCUT2D eigenvalue weighted by molar-refractivity contribution is 7.91. The average molecular weight is 569 g/mol. The zero-order chi connectivity index (χ0) is 28.7. The summed E-state index contributed by atoms with van der Waals surface area (Å²) in [5.74, 6) is -0.965. The lowest BCUT2D eigenvalue weighted by atomic mass is 9.78. The molecule has 14 heteroatoms. The second-order valence-electron chi connectivity index (χ2n) is 9.95. The number of benzene rings is 1. The number of anilines is 1. The summed E-state index contributed by atoms with van der Waals surface area (Å²) in [4.78, 5) is 31.6. The van der Waals surface area contributed by atoms with Crippen LogP contribution in [0.15, 0.2) is 60.2 Å². The van der Waals surface area contributed by atoms with E-state index in [9.17, 15) is 13.2 Å². The van der Waals surface area contributed by atoms with Gasteiger partial charge in [0, 0.05) is 55.9 Å². The fraction of sp³-hybridized carbons (Fsp3) is 0.346. The summed E-state index contributed by atoms with van der Waals surface area (Å²) in [5, 5.41) is 2.71. The van der Waals surface area contributed by atoms with Crippen LogP contribution in [0.4, 0.5) is 10.1 Å². The fourth-order valence-electron chi connectivity index (χ4n) is 5.42. The molecular formula is C26H29FN8O4S. The molecule has 2 aliphatic heterocycles. The maximum atomic E-state index is 15.6. The van der Waals surface area contributed by atoms with Crippen molar-refractivity contribution in [2.24, 2.45) is 10.7 Å². The predicted octanol–water partition coefficient (Wildman–Crippen LogP) is 1.72. The van der Waals surface area contributed by atoms with E-state index in [-0.39, 0.29) is 35.9 Å². The number of sulfonamides is 1. The van der Waals surface area contributed by atoms with Crippen LogP contribution in [0.1, 0.15) is 35.0 Å². The molecule has 0 aliphatic carbocycles. The van der Waals surface area contributed by atoms with Crippen molar-refractivity contribution in [3.8, 4) is 5.75 Å². The van der Waals surface area contributed by atoms with Crippen molar-refractivity contribution in [1.82, 2.24) is 24.2 Å². The maximum absolute atomic E-state index is 15.6. The lowest BCUT2D eigenvalue weighted by Gasteiger charge is -2.48. The summed E-state index contributed by atoms with van der Waals surface area (Å²) in [6.45, 7) is 2.46. The zero-order valence-corrected chi connectivity index (χ0v) is 23.0. The topological polar surface area (TPSA) is 156 Å². The summed E-state index contributed by atoms with van der Waals surface area (Å²) in [5.41, 5.74) is 5.66. The Labute approximate surface area is 231 Å². The van der Waals surface area contributed by atoms with Gasteiger partial charge < -0.3 is 15.8 Å². The second-order valence-corrected chi connectivity index (χ2v) is 12.2. The van der Waals surface area contributed by atoms with Crippen molar-refractivity contribution in [1.29, 1.82) is 0 Å². The minimum Gasteiger partial charge on any atom is -0.495 e. The molecule has 0 radical (unpaired) electrons. The largest absolute Gasteiger partial charge is 0.495 e. The number of likely N-dealkylation sites (tertiary alicyclic amines) is 1. The van der Waals surface area contributed by atoms with E-state index < -0.39 is 32.0 Å². The van der Waals surface area contributed by atoms with Gasteiger partial charge in [-0.3, -0.25) is 9.69 Å². The molecule has 2 aliphatic rings. The Hall–Kier alpha value is -4.17. The second kappa shape index (κ2) is 10.1.